The maximum Gasteiger partial charge on any atom is 0.162 e. The van der Waals surface area contributed by atoms with Crippen LogP contribution in [0.3, 0.4) is 0 Å². The molecule has 4 heteroatoms. The van der Waals surface area contributed by atoms with Crippen molar-refractivity contribution in [2.45, 2.75) is 26.7 Å². The maximum absolute atomic E-state index is 6.11. The molecule has 1 heterocycles. The third kappa shape index (κ3) is 2.65. The highest BCUT2D eigenvalue weighted by molar-refractivity contribution is 6.34. The number of aromatic nitrogens is 2. The van der Waals surface area contributed by atoms with Gasteiger partial charge in [-0.15, -0.1) is 0 Å². The van der Waals surface area contributed by atoms with Gasteiger partial charge >= 0.3 is 0 Å². The second kappa shape index (κ2) is 5.68. The third-order valence-electron chi connectivity index (χ3n) is 2.88. The monoisotopic (exact) mass is 280 g/mol. The largest absolute Gasteiger partial charge is 0.216 e. The number of benzene rings is 1. The van der Waals surface area contributed by atoms with Gasteiger partial charge in [0.25, 0.3) is 0 Å². The highest BCUT2D eigenvalue weighted by Gasteiger charge is 2.11. The molecule has 0 fully saturated rings. The quantitative estimate of drug-likeness (QED) is 0.770. The first kappa shape index (κ1) is 13.3. The minimum atomic E-state index is 0.437. The lowest BCUT2D eigenvalue weighted by atomic mass is 10.1. The number of rotatable bonds is 3. The summed E-state index contributed by atoms with van der Waals surface area (Å²) in [6, 6.07) is 8.11. The molecule has 0 aliphatic rings. The summed E-state index contributed by atoms with van der Waals surface area (Å²) in [4.78, 5) is 8.60. The van der Waals surface area contributed by atoms with E-state index in [0.717, 1.165) is 24.0 Å². The van der Waals surface area contributed by atoms with E-state index in [1.807, 2.05) is 19.1 Å². The van der Waals surface area contributed by atoms with Crippen LogP contribution in [0.5, 0.6) is 0 Å². The molecule has 0 saturated heterocycles. The standard InChI is InChI=1S/C14H14Cl2N2/c1-3-9-5-7-10(8-6-9)14-17-12(15)11(4-2)13(16)18-14/h5-8H,3-4H2,1-2H3. The fraction of sp³-hybridized carbons (Fsp3) is 0.286. The van der Waals surface area contributed by atoms with Gasteiger partial charge in [0.15, 0.2) is 5.82 Å². The Hall–Kier alpha value is -1.12. The molecule has 1 aromatic carbocycles. The van der Waals surface area contributed by atoms with Crippen molar-refractivity contribution in [1.29, 1.82) is 0 Å². The molecule has 0 bridgehead atoms. The second-order valence-corrected chi connectivity index (χ2v) is 4.73. The Labute approximate surface area is 117 Å². The molecule has 0 atom stereocenters. The maximum atomic E-state index is 6.11. The molecule has 2 rings (SSSR count). The molecule has 0 aliphatic carbocycles. The van der Waals surface area contributed by atoms with Gasteiger partial charge in [0.2, 0.25) is 0 Å². The van der Waals surface area contributed by atoms with Crippen LogP contribution in [0.2, 0.25) is 10.3 Å². The van der Waals surface area contributed by atoms with Crippen molar-refractivity contribution < 1.29 is 0 Å². The first-order valence-electron chi connectivity index (χ1n) is 5.97. The minimum Gasteiger partial charge on any atom is -0.216 e. The van der Waals surface area contributed by atoms with Crippen molar-refractivity contribution >= 4 is 23.2 Å². The van der Waals surface area contributed by atoms with Crippen LogP contribution in [0.25, 0.3) is 11.4 Å². The summed E-state index contributed by atoms with van der Waals surface area (Å²) in [5, 5.41) is 0.874. The molecule has 1 aromatic heterocycles. The third-order valence-corrected chi connectivity index (χ3v) is 3.51. The van der Waals surface area contributed by atoms with E-state index in [1.54, 1.807) is 0 Å². The summed E-state index contributed by atoms with van der Waals surface area (Å²) < 4.78 is 0. The Morgan fingerprint density at radius 3 is 1.89 bits per heavy atom. The predicted octanol–water partition coefficient (Wildman–Crippen LogP) is 4.58. The summed E-state index contributed by atoms with van der Waals surface area (Å²) in [7, 11) is 0. The van der Waals surface area contributed by atoms with Crippen molar-refractivity contribution in [2.24, 2.45) is 0 Å². The van der Waals surface area contributed by atoms with Gasteiger partial charge < -0.3 is 0 Å². The van der Waals surface area contributed by atoms with Gasteiger partial charge in [-0.3, -0.25) is 0 Å². The lowest BCUT2D eigenvalue weighted by molar-refractivity contribution is 1.05. The molecule has 18 heavy (non-hydrogen) atoms. The van der Waals surface area contributed by atoms with E-state index < -0.39 is 0 Å². The zero-order chi connectivity index (χ0) is 13.1. The van der Waals surface area contributed by atoms with E-state index in [4.69, 9.17) is 23.2 Å². The summed E-state index contributed by atoms with van der Waals surface area (Å²) in [5.41, 5.74) is 3.01. The topological polar surface area (TPSA) is 25.8 Å². The van der Waals surface area contributed by atoms with Gasteiger partial charge in [-0.1, -0.05) is 61.3 Å². The van der Waals surface area contributed by atoms with Crippen LogP contribution in [-0.4, -0.2) is 9.97 Å². The van der Waals surface area contributed by atoms with E-state index in [2.05, 4.69) is 29.0 Å². The molecular weight excluding hydrogens is 267 g/mol. The smallest absolute Gasteiger partial charge is 0.162 e. The number of nitrogens with zero attached hydrogens (tertiary/aromatic N) is 2. The fourth-order valence-corrected chi connectivity index (χ4v) is 2.40. The van der Waals surface area contributed by atoms with Crippen molar-refractivity contribution in [3.63, 3.8) is 0 Å². The Morgan fingerprint density at radius 1 is 0.889 bits per heavy atom. The van der Waals surface area contributed by atoms with Gasteiger partial charge in [-0.25, -0.2) is 9.97 Å². The Bertz CT molecular complexity index is 527. The van der Waals surface area contributed by atoms with E-state index in [9.17, 15) is 0 Å². The Kier molecular flexibility index (Phi) is 4.20. The summed E-state index contributed by atoms with van der Waals surface area (Å²) in [6.45, 7) is 4.10. The van der Waals surface area contributed by atoms with Crippen molar-refractivity contribution in [2.75, 3.05) is 0 Å². The van der Waals surface area contributed by atoms with Gasteiger partial charge in [0, 0.05) is 11.1 Å². The first-order valence-corrected chi connectivity index (χ1v) is 6.72. The summed E-state index contributed by atoms with van der Waals surface area (Å²) in [5.74, 6) is 0.574. The molecule has 0 spiro atoms. The van der Waals surface area contributed by atoms with Crippen LogP contribution < -0.4 is 0 Å². The Balaban J connectivity index is 2.44. The van der Waals surface area contributed by atoms with Crippen LogP contribution in [0, 0.1) is 0 Å². The first-order chi connectivity index (χ1) is 8.65. The van der Waals surface area contributed by atoms with Crippen molar-refractivity contribution in [3.8, 4) is 11.4 Å². The molecule has 0 amide bonds. The van der Waals surface area contributed by atoms with Crippen LogP contribution in [-0.2, 0) is 12.8 Å². The molecule has 0 unspecified atom stereocenters. The van der Waals surface area contributed by atoms with Gasteiger partial charge in [0.1, 0.15) is 10.3 Å². The molecule has 0 N–H and O–H groups in total. The zero-order valence-corrected chi connectivity index (χ0v) is 11.9. The lowest BCUT2D eigenvalue weighted by Gasteiger charge is -2.07. The predicted molar refractivity (Wildman–Crippen MR) is 76.2 cm³/mol. The average molecular weight is 281 g/mol. The molecular formula is C14H14Cl2N2. The lowest BCUT2D eigenvalue weighted by Crippen LogP contribution is -1.96. The number of aryl methyl sites for hydroxylation is 1. The number of hydrogen-bond donors (Lipinski definition) is 0. The van der Waals surface area contributed by atoms with Crippen LogP contribution in [0.15, 0.2) is 24.3 Å². The SMILES string of the molecule is CCc1ccc(-c2nc(Cl)c(CC)c(Cl)n2)cc1. The zero-order valence-electron chi connectivity index (χ0n) is 10.4. The summed E-state index contributed by atoms with van der Waals surface area (Å²) >= 11 is 12.2. The van der Waals surface area contributed by atoms with Gasteiger partial charge in [-0.2, -0.15) is 0 Å². The molecule has 0 saturated carbocycles. The highest BCUT2D eigenvalue weighted by Crippen LogP contribution is 2.26. The second-order valence-electron chi connectivity index (χ2n) is 4.01. The Morgan fingerprint density at radius 2 is 1.44 bits per heavy atom. The van der Waals surface area contributed by atoms with Crippen LogP contribution in [0.1, 0.15) is 25.0 Å². The van der Waals surface area contributed by atoms with Gasteiger partial charge in [0.05, 0.1) is 0 Å². The molecule has 2 nitrogen and oxygen atoms in total. The van der Waals surface area contributed by atoms with E-state index >= 15 is 0 Å². The summed E-state index contributed by atoms with van der Waals surface area (Å²) in [6.07, 6.45) is 1.74. The normalized spacial score (nSPS) is 10.7. The van der Waals surface area contributed by atoms with Crippen molar-refractivity contribution in [3.05, 3.63) is 45.7 Å². The van der Waals surface area contributed by atoms with Crippen molar-refractivity contribution in [1.82, 2.24) is 9.97 Å². The molecule has 94 valence electrons. The van der Waals surface area contributed by atoms with E-state index in [-0.39, 0.29) is 0 Å². The van der Waals surface area contributed by atoms with Crippen LogP contribution in [0.4, 0.5) is 0 Å². The highest BCUT2D eigenvalue weighted by atomic mass is 35.5. The van der Waals surface area contributed by atoms with E-state index in [0.29, 0.717) is 16.1 Å². The van der Waals surface area contributed by atoms with E-state index in [1.165, 1.54) is 5.56 Å². The average Bonchev–Trinajstić information content (AvgIpc) is 2.38. The molecule has 0 aliphatic heterocycles. The molecule has 2 aromatic rings. The number of hydrogen-bond acceptors (Lipinski definition) is 2. The molecule has 0 radical (unpaired) electrons. The van der Waals surface area contributed by atoms with Gasteiger partial charge in [-0.05, 0) is 18.4 Å². The minimum absolute atomic E-state index is 0.437. The number of halogens is 2. The van der Waals surface area contributed by atoms with Crippen LogP contribution >= 0.6 is 23.2 Å². The fourth-order valence-electron chi connectivity index (χ4n) is 1.74.